The minimum absolute atomic E-state index is 0.885. The molecule has 1 heterocycles. The van der Waals surface area contributed by atoms with Crippen LogP contribution in [0.25, 0.3) is 0 Å². The van der Waals surface area contributed by atoms with Crippen LogP contribution in [0.5, 0.6) is 0 Å². The Kier molecular flexibility index (Phi) is 3.26. The van der Waals surface area contributed by atoms with Gasteiger partial charge in [0.2, 0.25) is 0 Å². The first-order chi connectivity index (χ1) is 5.38. The summed E-state index contributed by atoms with van der Waals surface area (Å²) in [4.78, 5) is 0. The van der Waals surface area contributed by atoms with Gasteiger partial charge in [0.15, 0.2) is 0 Å². The van der Waals surface area contributed by atoms with Crippen LogP contribution in [0, 0.1) is 0 Å². The molecule has 0 radical (unpaired) electrons. The highest BCUT2D eigenvalue weighted by atomic mass is 32.1. The zero-order valence-electron chi connectivity index (χ0n) is 6.34. The number of hydrogen-bond donors (Lipinski definition) is 2. The number of hydrogen-bond acceptors (Lipinski definition) is 3. The van der Waals surface area contributed by atoms with E-state index in [1.807, 2.05) is 0 Å². The maximum absolute atomic E-state index is 5.39. The van der Waals surface area contributed by atoms with E-state index < -0.39 is 0 Å². The Morgan fingerprint density at radius 2 is 2.55 bits per heavy atom. The largest absolute Gasteiger partial charge is 0.404 e. The fraction of sp³-hybridized carbons (Fsp3) is 0.375. The number of rotatable bonds is 2. The molecule has 0 unspecified atom stereocenters. The highest BCUT2D eigenvalue weighted by Gasteiger charge is 2.04. The van der Waals surface area contributed by atoms with E-state index in [4.69, 9.17) is 18.0 Å². The molecule has 0 amide bonds. The van der Waals surface area contributed by atoms with Crippen molar-refractivity contribution in [2.75, 3.05) is 13.1 Å². The van der Waals surface area contributed by atoms with E-state index in [9.17, 15) is 0 Å². The number of nitrogens with two attached hydrogens (primary N) is 1. The Morgan fingerprint density at radius 3 is 3.00 bits per heavy atom. The van der Waals surface area contributed by atoms with Gasteiger partial charge in [0, 0.05) is 23.7 Å². The summed E-state index contributed by atoms with van der Waals surface area (Å²) in [5.74, 6) is 0. The summed E-state index contributed by atoms with van der Waals surface area (Å²) < 4.78 is 0. The van der Waals surface area contributed by atoms with Gasteiger partial charge in [0.25, 0.3) is 0 Å². The zero-order chi connectivity index (χ0) is 8.10. The van der Waals surface area contributed by atoms with E-state index in [-0.39, 0.29) is 0 Å². The van der Waals surface area contributed by atoms with E-state index >= 15 is 0 Å². The Balaban J connectivity index is 2.71. The van der Waals surface area contributed by atoms with Crippen molar-refractivity contribution < 1.29 is 0 Å². The Bertz CT molecular complexity index is 206. The lowest BCUT2D eigenvalue weighted by Gasteiger charge is -2.13. The standard InChI is InChI=1S/C8H12N2S/c9-4-8(6-11)7-2-1-3-10-5-7/h2,4,6,10H,1,3,5,9H2. The zero-order valence-corrected chi connectivity index (χ0v) is 7.16. The van der Waals surface area contributed by atoms with Crippen molar-refractivity contribution >= 4 is 17.6 Å². The average molecular weight is 168 g/mol. The second-order valence-electron chi connectivity index (χ2n) is 2.43. The molecule has 0 fully saturated rings. The van der Waals surface area contributed by atoms with Gasteiger partial charge in [-0.3, -0.25) is 0 Å². The summed E-state index contributed by atoms with van der Waals surface area (Å²) >= 11 is 4.81. The molecular formula is C8H12N2S. The van der Waals surface area contributed by atoms with Crippen molar-refractivity contribution in [3.05, 3.63) is 23.4 Å². The van der Waals surface area contributed by atoms with Crippen LogP contribution >= 0.6 is 12.2 Å². The van der Waals surface area contributed by atoms with Crippen LogP contribution in [0.4, 0.5) is 0 Å². The molecule has 0 spiro atoms. The molecule has 60 valence electrons. The van der Waals surface area contributed by atoms with E-state index in [1.165, 1.54) is 5.57 Å². The predicted octanol–water partition coefficient (Wildman–Crippen LogP) is 0.748. The normalized spacial score (nSPS) is 19.3. The summed E-state index contributed by atoms with van der Waals surface area (Å²) in [6.45, 7) is 1.94. The molecule has 0 bridgehead atoms. The predicted molar refractivity (Wildman–Crippen MR) is 51.5 cm³/mol. The van der Waals surface area contributed by atoms with Crippen LogP contribution in [-0.2, 0) is 0 Å². The Labute approximate surface area is 72.2 Å². The fourth-order valence-electron chi connectivity index (χ4n) is 1.09. The topological polar surface area (TPSA) is 38.0 Å². The van der Waals surface area contributed by atoms with Gasteiger partial charge < -0.3 is 11.1 Å². The van der Waals surface area contributed by atoms with Gasteiger partial charge in [-0.15, -0.1) is 0 Å². The lowest BCUT2D eigenvalue weighted by Crippen LogP contribution is -2.23. The first-order valence-electron chi connectivity index (χ1n) is 3.65. The van der Waals surface area contributed by atoms with Gasteiger partial charge in [-0.25, -0.2) is 0 Å². The second-order valence-corrected chi connectivity index (χ2v) is 2.67. The van der Waals surface area contributed by atoms with Crippen LogP contribution in [0.2, 0.25) is 0 Å². The van der Waals surface area contributed by atoms with E-state index in [0.717, 1.165) is 25.1 Å². The SMILES string of the molecule is NC=C(C=S)C1=CCCNC1. The lowest BCUT2D eigenvalue weighted by atomic mass is 10.1. The van der Waals surface area contributed by atoms with Gasteiger partial charge in [-0.05, 0) is 18.5 Å². The molecular weight excluding hydrogens is 156 g/mol. The summed E-state index contributed by atoms with van der Waals surface area (Å²) in [6.07, 6.45) is 4.81. The van der Waals surface area contributed by atoms with Gasteiger partial charge in [0.05, 0.1) is 0 Å². The molecule has 2 nitrogen and oxygen atoms in total. The van der Waals surface area contributed by atoms with Crippen LogP contribution in [-0.4, -0.2) is 18.5 Å². The maximum atomic E-state index is 5.39. The maximum Gasteiger partial charge on any atom is 0.0209 e. The van der Waals surface area contributed by atoms with E-state index in [1.54, 1.807) is 11.6 Å². The number of thiocarbonyl (C=S) groups is 1. The van der Waals surface area contributed by atoms with Gasteiger partial charge >= 0.3 is 0 Å². The van der Waals surface area contributed by atoms with Gasteiger partial charge in [-0.1, -0.05) is 18.3 Å². The quantitative estimate of drug-likeness (QED) is 0.472. The molecule has 0 aromatic rings. The minimum atomic E-state index is 0.885. The summed E-state index contributed by atoms with van der Waals surface area (Å²) in [5, 5.41) is 4.88. The third-order valence-corrected chi connectivity index (χ3v) is 1.96. The molecule has 1 aliphatic rings. The summed E-state index contributed by atoms with van der Waals surface area (Å²) in [6, 6.07) is 0. The summed E-state index contributed by atoms with van der Waals surface area (Å²) in [5.41, 5.74) is 7.57. The van der Waals surface area contributed by atoms with Crippen molar-refractivity contribution in [3.63, 3.8) is 0 Å². The smallest absolute Gasteiger partial charge is 0.0209 e. The highest BCUT2D eigenvalue weighted by Crippen LogP contribution is 2.09. The molecule has 0 aromatic carbocycles. The molecule has 1 aliphatic heterocycles. The van der Waals surface area contributed by atoms with Crippen LogP contribution in [0.3, 0.4) is 0 Å². The van der Waals surface area contributed by atoms with Gasteiger partial charge in [-0.2, -0.15) is 0 Å². The van der Waals surface area contributed by atoms with Crippen LogP contribution in [0.15, 0.2) is 23.4 Å². The molecule has 11 heavy (non-hydrogen) atoms. The van der Waals surface area contributed by atoms with Crippen molar-refractivity contribution in [1.29, 1.82) is 0 Å². The van der Waals surface area contributed by atoms with Crippen molar-refractivity contribution in [2.24, 2.45) is 5.73 Å². The fourth-order valence-corrected chi connectivity index (χ4v) is 1.32. The molecule has 3 N–H and O–H groups in total. The van der Waals surface area contributed by atoms with Crippen molar-refractivity contribution in [2.45, 2.75) is 6.42 Å². The molecule has 0 saturated carbocycles. The van der Waals surface area contributed by atoms with Gasteiger partial charge in [0.1, 0.15) is 0 Å². The van der Waals surface area contributed by atoms with Crippen molar-refractivity contribution in [1.82, 2.24) is 5.32 Å². The third-order valence-electron chi connectivity index (χ3n) is 1.70. The molecule has 0 atom stereocenters. The summed E-state index contributed by atoms with van der Waals surface area (Å²) in [7, 11) is 0. The first-order valence-corrected chi connectivity index (χ1v) is 4.13. The lowest BCUT2D eigenvalue weighted by molar-refractivity contribution is 0.710. The van der Waals surface area contributed by atoms with Crippen LogP contribution < -0.4 is 11.1 Å². The Morgan fingerprint density at radius 1 is 1.73 bits per heavy atom. The minimum Gasteiger partial charge on any atom is -0.404 e. The second kappa shape index (κ2) is 4.26. The molecule has 3 heteroatoms. The van der Waals surface area contributed by atoms with E-state index in [2.05, 4.69) is 11.4 Å². The molecule has 0 aromatic heterocycles. The van der Waals surface area contributed by atoms with E-state index in [0.29, 0.717) is 0 Å². The van der Waals surface area contributed by atoms with Crippen molar-refractivity contribution in [3.8, 4) is 0 Å². The highest BCUT2D eigenvalue weighted by molar-refractivity contribution is 7.79. The molecule has 0 aliphatic carbocycles. The number of nitrogens with one attached hydrogen (secondary N) is 1. The average Bonchev–Trinajstić information content (AvgIpc) is 2.09. The molecule has 0 saturated heterocycles. The molecule has 1 rings (SSSR count). The Hall–Kier alpha value is -0.670. The third kappa shape index (κ3) is 2.13. The first kappa shape index (κ1) is 8.43. The monoisotopic (exact) mass is 168 g/mol. The van der Waals surface area contributed by atoms with Crippen LogP contribution in [0.1, 0.15) is 6.42 Å².